The standard InChI is InChI=1S/C17H17FN2O6/c1-19(11-4-7-15(24-2)16(8-11)25-3)17(21)10-26-12-5-6-14(20(22)23)13(18)9-12/h4-9H,10H2,1-3H3. The fourth-order valence-corrected chi connectivity index (χ4v) is 2.14. The molecule has 2 rings (SSSR count). The Hall–Kier alpha value is -3.36. The molecular formula is C17H17FN2O6. The molecule has 0 radical (unpaired) electrons. The van der Waals surface area contributed by atoms with Crippen molar-refractivity contribution in [3.8, 4) is 17.2 Å². The van der Waals surface area contributed by atoms with E-state index in [9.17, 15) is 19.3 Å². The number of nitro groups is 1. The van der Waals surface area contributed by atoms with Gasteiger partial charge in [-0.15, -0.1) is 0 Å². The minimum absolute atomic E-state index is 0.0159. The second kappa shape index (κ2) is 8.15. The van der Waals surface area contributed by atoms with Gasteiger partial charge in [0.15, 0.2) is 18.1 Å². The second-order valence-corrected chi connectivity index (χ2v) is 5.15. The Morgan fingerprint density at radius 3 is 2.42 bits per heavy atom. The maximum Gasteiger partial charge on any atom is 0.305 e. The van der Waals surface area contributed by atoms with E-state index in [4.69, 9.17) is 14.2 Å². The van der Waals surface area contributed by atoms with Gasteiger partial charge in [0.1, 0.15) is 5.75 Å². The minimum Gasteiger partial charge on any atom is -0.493 e. The lowest BCUT2D eigenvalue weighted by atomic mass is 10.2. The third-order valence-corrected chi connectivity index (χ3v) is 3.61. The van der Waals surface area contributed by atoms with Crippen LogP contribution in [-0.2, 0) is 4.79 Å². The molecule has 2 aromatic carbocycles. The Balaban J connectivity index is 2.05. The quantitative estimate of drug-likeness (QED) is 0.554. The van der Waals surface area contributed by atoms with E-state index in [1.54, 1.807) is 25.2 Å². The molecule has 26 heavy (non-hydrogen) atoms. The van der Waals surface area contributed by atoms with Crippen molar-refractivity contribution in [1.82, 2.24) is 0 Å². The van der Waals surface area contributed by atoms with Crippen LogP contribution in [0.15, 0.2) is 36.4 Å². The molecule has 2 aromatic rings. The number of amides is 1. The number of methoxy groups -OCH3 is 2. The Kier molecular flexibility index (Phi) is 5.94. The Morgan fingerprint density at radius 2 is 1.85 bits per heavy atom. The number of hydrogen-bond donors (Lipinski definition) is 0. The number of halogens is 1. The van der Waals surface area contributed by atoms with Crippen LogP contribution in [-0.4, -0.2) is 38.7 Å². The maximum atomic E-state index is 13.6. The SMILES string of the molecule is COc1ccc(N(C)C(=O)COc2ccc([N+](=O)[O-])c(F)c2)cc1OC. The molecule has 0 aliphatic heterocycles. The van der Waals surface area contributed by atoms with Gasteiger partial charge in [0, 0.05) is 30.9 Å². The summed E-state index contributed by atoms with van der Waals surface area (Å²) < 4.78 is 29.1. The van der Waals surface area contributed by atoms with Crippen molar-refractivity contribution in [2.75, 3.05) is 32.8 Å². The monoisotopic (exact) mass is 364 g/mol. The summed E-state index contributed by atoms with van der Waals surface area (Å²) in [6.45, 7) is -0.373. The maximum absolute atomic E-state index is 13.6. The molecule has 9 heteroatoms. The van der Waals surface area contributed by atoms with Crippen molar-refractivity contribution in [2.24, 2.45) is 0 Å². The van der Waals surface area contributed by atoms with Crippen molar-refractivity contribution in [3.63, 3.8) is 0 Å². The number of anilines is 1. The molecule has 138 valence electrons. The lowest BCUT2D eigenvalue weighted by Gasteiger charge is -2.19. The summed E-state index contributed by atoms with van der Waals surface area (Å²) >= 11 is 0. The first-order valence-electron chi connectivity index (χ1n) is 7.42. The number of carbonyl (C=O) groups excluding carboxylic acids is 1. The Labute approximate surface area is 148 Å². The average molecular weight is 364 g/mol. The van der Waals surface area contributed by atoms with Gasteiger partial charge in [-0.2, -0.15) is 4.39 Å². The summed E-state index contributed by atoms with van der Waals surface area (Å²) in [6, 6.07) is 8.03. The molecule has 0 heterocycles. The topological polar surface area (TPSA) is 91.1 Å². The molecule has 1 amide bonds. The molecule has 0 fully saturated rings. The summed E-state index contributed by atoms with van der Waals surface area (Å²) in [7, 11) is 4.53. The zero-order chi connectivity index (χ0) is 19.3. The summed E-state index contributed by atoms with van der Waals surface area (Å²) in [5.41, 5.74) is -0.114. The number of likely N-dealkylation sites (N-methyl/N-ethyl adjacent to an activating group) is 1. The highest BCUT2D eigenvalue weighted by Gasteiger charge is 2.17. The van der Waals surface area contributed by atoms with E-state index in [0.717, 1.165) is 12.1 Å². The number of ether oxygens (including phenoxy) is 3. The third kappa shape index (κ3) is 4.18. The van der Waals surface area contributed by atoms with Crippen LogP contribution in [0.2, 0.25) is 0 Å². The number of benzene rings is 2. The van der Waals surface area contributed by atoms with Crippen LogP contribution in [0.4, 0.5) is 15.8 Å². The summed E-state index contributed by atoms with van der Waals surface area (Å²) in [5.74, 6) is -0.441. The highest BCUT2D eigenvalue weighted by atomic mass is 19.1. The average Bonchev–Trinajstić information content (AvgIpc) is 2.64. The van der Waals surface area contributed by atoms with E-state index in [1.807, 2.05) is 0 Å². The molecule has 0 unspecified atom stereocenters. The normalized spacial score (nSPS) is 10.2. The van der Waals surface area contributed by atoms with E-state index in [-0.39, 0.29) is 12.4 Å². The minimum atomic E-state index is -1.03. The number of carbonyl (C=O) groups is 1. The first-order chi connectivity index (χ1) is 12.4. The molecule has 0 N–H and O–H groups in total. The smallest absolute Gasteiger partial charge is 0.305 e. The lowest BCUT2D eigenvalue weighted by molar-refractivity contribution is -0.387. The Morgan fingerprint density at radius 1 is 1.15 bits per heavy atom. The van der Waals surface area contributed by atoms with Crippen LogP contribution in [0.3, 0.4) is 0 Å². The fourth-order valence-electron chi connectivity index (χ4n) is 2.14. The van der Waals surface area contributed by atoms with Crippen molar-refractivity contribution in [2.45, 2.75) is 0 Å². The highest BCUT2D eigenvalue weighted by molar-refractivity contribution is 5.94. The zero-order valence-electron chi connectivity index (χ0n) is 14.4. The highest BCUT2D eigenvalue weighted by Crippen LogP contribution is 2.31. The van der Waals surface area contributed by atoms with E-state index < -0.39 is 22.3 Å². The number of nitrogens with zero attached hydrogens (tertiary/aromatic N) is 2. The second-order valence-electron chi connectivity index (χ2n) is 5.15. The van der Waals surface area contributed by atoms with Crippen LogP contribution in [0, 0.1) is 15.9 Å². The zero-order valence-corrected chi connectivity index (χ0v) is 14.4. The van der Waals surface area contributed by atoms with Gasteiger partial charge in [-0.1, -0.05) is 0 Å². The molecule has 0 saturated carbocycles. The van der Waals surface area contributed by atoms with Crippen LogP contribution >= 0.6 is 0 Å². The van der Waals surface area contributed by atoms with Crippen LogP contribution in [0.5, 0.6) is 17.2 Å². The van der Waals surface area contributed by atoms with Crippen molar-refractivity contribution in [1.29, 1.82) is 0 Å². The Bertz CT molecular complexity index is 827. The van der Waals surface area contributed by atoms with Crippen molar-refractivity contribution in [3.05, 3.63) is 52.3 Å². The summed E-state index contributed by atoms with van der Waals surface area (Å²) in [6.07, 6.45) is 0. The molecule has 0 aromatic heterocycles. The summed E-state index contributed by atoms with van der Waals surface area (Å²) in [4.78, 5) is 23.3. The number of nitro benzene ring substituents is 1. The summed E-state index contributed by atoms with van der Waals surface area (Å²) in [5, 5.41) is 10.6. The van der Waals surface area contributed by atoms with Gasteiger partial charge in [0.05, 0.1) is 19.1 Å². The molecule has 0 spiro atoms. The van der Waals surface area contributed by atoms with Gasteiger partial charge >= 0.3 is 5.69 Å². The molecule has 0 aliphatic carbocycles. The molecule has 0 bridgehead atoms. The molecule has 8 nitrogen and oxygen atoms in total. The number of hydrogen-bond acceptors (Lipinski definition) is 6. The predicted molar refractivity (Wildman–Crippen MR) is 91.5 cm³/mol. The van der Waals surface area contributed by atoms with Crippen molar-refractivity contribution >= 4 is 17.3 Å². The largest absolute Gasteiger partial charge is 0.493 e. The van der Waals surface area contributed by atoms with Gasteiger partial charge in [0.25, 0.3) is 5.91 Å². The van der Waals surface area contributed by atoms with Gasteiger partial charge in [0.2, 0.25) is 5.82 Å². The van der Waals surface area contributed by atoms with Crippen LogP contribution in [0.25, 0.3) is 0 Å². The van der Waals surface area contributed by atoms with E-state index in [1.165, 1.54) is 25.2 Å². The molecular weight excluding hydrogens is 347 g/mol. The molecule has 0 atom stereocenters. The molecule has 0 aliphatic rings. The molecule has 0 saturated heterocycles. The van der Waals surface area contributed by atoms with Gasteiger partial charge in [-0.05, 0) is 18.2 Å². The van der Waals surface area contributed by atoms with Gasteiger partial charge < -0.3 is 19.1 Å². The first kappa shape index (κ1) is 19.0. The van der Waals surface area contributed by atoms with Crippen molar-refractivity contribution < 1.29 is 28.3 Å². The van der Waals surface area contributed by atoms with E-state index >= 15 is 0 Å². The van der Waals surface area contributed by atoms with E-state index in [2.05, 4.69) is 0 Å². The third-order valence-electron chi connectivity index (χ3n) is 3.61. The fraction of sp³-hybridized carbons (Fsp3) is 0.235. The number of rotatable bonds is 7. The van der Waals surface area contributed by atoms with Gasteiger partial charge in [-0.3, -0.25) is 14.9 Å². The lowest BCUT2D eigenvalue weighted by Crippen LogP contribution is -2.31. The predicted octanol–water partition coefficient (Wildman–Crippen LogP) is 2.79. The van der Waals surface area contributed by atoms with E-state index in [0.29, 0.717) is 17.2 Å². The van der Waals surface area contributed by atoms with Crippen LogP contribution in [0.1, 0.15) is 0 Å². The first-order valence-corrected chi connectivity index (χ1v) is 7.42. The van der Waals surface area contributed by atoms with Crippen LogP contribution < -0.4 is 19.1 Å². The van der Waals surface area contributed by atoms with Gasteiger partial charge in [-0.25, -0.2) is 0 Å².